The van der Waals surface area contributed by atoms with Gasteiger partial charge in [-0.05, 0) is 11.8 Å². The lowest BCUT2D eigenvalue weighted by Crippen LogP contribution is -2.32. The van der Waals surface area contributed by atoms with Crippen molar-refractivity contribution >= 4 is 11.9 Å². The second-order valence-corrected chi connectivity index (χ2v) is 10.6. The number of hydrogen-bond acceptors (Lipinski definition) is 15. The average Bonchev–Trinajstić information content (AvgIpc) is 3.84. The van der Waals surface area contributed by atoms with Crippen LogP contribution in [0.1, 0.15) is 72.5 Å². The van der Waals surface area contributed by atoms with Gasteiger partial charge in [0.15, 0.2) is 34.2 Å². The highest BCUT2D eigenvalue weighted by Crippen LogP contribution is 2.29. The van der Waals surface area contributed by atoms with Gasteiger partial charge in [0.2, 0.25) is 35.3 Å². The lowest BCUT2D eigenvalue weighted by Gasteiger charge is -2.18. The van der Waals surface area contributed by atoms with Gasteiger partial charge in [-0.1, -0.05) is 27.7 Å². The number of nitrogens with one attached hydrogen (secondary N) is 1. The number of oxazole rings is 6. The minimum Gasteiger partial charge on any atom is -0.476 e. The second-order valence-electron chi connectivity index (χ2n) is 10.6. The first kappa shape index (κ1) is 29.2. The topological polar surface area (TPSA) is 249 Å². The van der Waals surface area contributed by atoms with Gasteiger partial charge in [-0.2, -0.15) is 0 Å². The highest BCUT2D eigenvalue weighted by molar-refractivity contribution is 5.92. The van der Waals surface area contributed by atoms with Crippen LogP contribution in [0.25, 0.3) is 46.3 Å². The molecule has 0 aromatic carbocycles. The van der Waals surface area contributed by atoms with Crippen LogP contribution in [0.2, 0.25) is 0 Å². The number of carboxylic acid groups (broad SMARTS) is 1. The summed E-state index contributed by atoms with van der Waals surface area (Å²) in [4.78, 5) is 49.7. The fraction of sp³-hybridized carbons (Fsp3) is 0.286. The van der Waals surface area contributed by atoms with E-state index in [0.717, 1.165) is 6.26 Å². The second kappa shape index (κ2) is 11.7. The summed E-state index contributed by atoms with van der Waals surface area (Å²) >= 11 is 0. The maximum Gasteiger partial charge on any atom is 0.357 e. The molecule has 1 amide bonds. The van der Waals surface area contributed by atoms with E-state index in [1.807, 2.05) is 27.7 Å². The molecule has 45 heavy (non-hydrogen) atoms. The molecule has 0 aliphatic heterocycles. The molecule has 0 fully saturated rings. The highest BCUT2D eigenvalue weighted by Gasteiger charge is 2.28. The van der Waals surface area contributed by atoms with Crippen molar-refractivity contribution in [1.82, 2.24) is 35.2 Å². The molecule has 4 N–H and O–H groups in total. The van der Waals surface area contributed by atoms with Crippen LogP contribution in [-0.4, -0.2) is 46.9 Å². The summed E-state index contributed by atoms with van der Waals surface area (Å²) in [6, 6.07) is -1.04. The predicted octanol–water partition coefficient (Wildman–Crippen LogP) is 4.76. The van der Waals surface area contributed by atoms with Gasteiger partial charge in [0.25, 0.3) is 5.91 Å². The quantitative estimate of drug-likeness (QED) is 0.177. The summed E-state index contributed by atoms with van der Waals surface area (Å²) in [5.41, 5.74) is 6.81. The molecule has 0 aliphatic rings. The number of rotatable bonds is 11. The number of nitrogens with zero attached hydrogens (tertiary/aromatic N) is 6. The number of carbonyl (C=O) groups excluding carboxylic acids is 1. The number of nitrogens with two attached hydrogens (primary N) is 1. The van der Waals surface area contributed by atoms with E-state index in [1.165, 1.54) is 31.3 Å². The third-order valence-electron chi connectivity index (χ3n) is 6.61. The Morgan fingerprint density at radius 1 is 0.622 bits per heavy atom. The SMILES string of the molecule is CC(C)C(N)c1nc(-c2nc(-c3nc(C(=O)NC(c4nc(-c5nc(-c6nc(C(=O)O)co6)co5)co4)C(C)C)co3)co2)co1. The van der Waals surface area contributed by atoms with Crippen LogP contribution in [0.15, 0.2) is 64.1 Å². The van der Waals surface area contributed by atoms with Crippen LogP contribution in [0.5, 0.6) is 0 Å². The van der Waals surface area contributed by atoms with Gasteiger partial charge in [0.05, 0.1) is 6.04 Å². The van der Waals surface area contributed by atoms with Crippen LogP contribution in [0, 0.1) is 11.8 Å². The van der Waals surface area contributed by atoms with Gasteiger partial charge in [-0.15, -0.1) is 0 Å². The van der Waals surface area contributed by atoms with E-state index >= 15 is 0 Å². The molecule has 2 atom stereocenters. The lowest BCUT2D eigenvalue weighted by molar-refractivity contribution is 0.0690. The monoisotopic (exact) mass is 618 g/mol. The molecule has 0 saturated carbocycles. The zero-order valence-electron chi connectivity index (χ0n) is 24.2. The third-order valence-corrected chi connectivity index (χ3v) is 6.61. The van der Waals surface area contributed by atoms with Crippen LogP contribution in [0.4, 0.5) is 0 Å². The normalized spacial score (nSPS) is 13.0. The first-order valence-corrected chi connectivity index (χ1v) is 13.6. The zero-order chi connectivity index (χ0) is 31.8. The Balaban J connectivity index is 1.14. The molecule has 0 spiro atoms. The van der Waals surface area contributed by atoms with Gasteiger partial charge in [-0.3, -0.25) is 4.79 Å². The molecule has 2 unspecified atom stereocenters. The standard InChI is InChI=1S/C28H26N8O9/c1-11(2)19(29)26-33-16(8-44-26)23-31-14(6-41-23)22-30-13(5-40-22)21(37)36-20(12(3)4)27-34-17(9-45-27)24-32-15(7-42-24)25-35-18(10-43-25)28(38)39/h5-12,19-20H,29H2,1-4H3,(H,36,37)(H,38,39). The number of aromatic nitrogens is 6. The Kier molecular flexibility index (Phi) is 7.59. The predicted molar refractivity (Wildman–Crippen MR) is 149 cm³/mol. The molecular formula is C28H26N8O9. The molecule has 6 aromatic rings. The van der Waals surface area contributed by atoms with Crippen molar-refractivity contribution in [3.05, 3.63) is 60.7 Å². The number of amides is 1. The molecule has 0 aliphatic carbocycles. The molecule has 6 rings (SSSR count). The van der Waals surface area contributed by atoms with Crippen LogP contribution >= 0.6 is 0 Å². The highest BCUT2D eigenvalue weighted by atomic mass is 16.4. The van der Waals surface area contributed by atoms with Crippen molar-refractivity contribution in [1.29, 1.82) is 0 Å². The average molecular weight is 619 g/mol. The summed E-state index contributed by atoms with van der Waals surface area (Å²) in [6.07, 6.45) is 7.47. The van der Waals surface area contributed by atoms with Crippen molar-refractivity contribution in [3.63, 3.8) is 0 Å². The number of carboxylic acids is 1. The van der Waals surface area contributed by atoms with E-state index in [-0.39, 0.29) is 75.8 Å². The Morgan fingerprint density at radius 2 is 1.07 bits per heavy atom. The Labute approximate surface area is 252 Å². The van der Waals surface area contributed by atoms with Gasteiger partial charge in [-0.25, -0.2) is 34.7 Å². The fourth-order valence-electron chi connectivity index (χ4n) is 4.05. The molecule has 0 bridgehead atoms. The fourth-order valence-corrected chi connectivity index (χ4v) is 4.05. The lowest BCUT2D eigenvalue weighted by atomic mass is 10.0. The largest absolute Gasteiger partial charge is 0.476 e. The number of aromatic carboxylic acids is 1. The molecule has 0 saturated heterocycles. The zero-order valence-corrected chi connectivity index (χ0v) is 24.2. The van der Waals surface area contributed by atoms with Crippen molar-refractivity contribution in [3.8, 4) is 46.3 Å². The van der Waals surface area contributed by atoms with E-state index in [9.17, 15) is 9.59 Å². The van der Waals surface area contributed by atoms with E-state index in [2.05, 4.69) is 35.2 Å². The summed E-state index contributed by atoms with van der Waals surface area (Å²) in [5, 5.41) is 11.9. The van der Waals surface area contributed by atoms with Gasteiger partial charge in [0.1, 0.15) is 43.6 Å². The van der Waals surface area contributed by atoms with Crippen molar-refractivity contribution in [2.75, 3.05) is 0 Å². The number of carbonyl (C=O) groups is 2. The molecule has 6 aromatic heterocycles. The van der Waals surface area contributed by atoms with E-state index in [4.69, 9.17) is 37.3 Å². The summed E-state index contributed by atoms with van der Waals surface area (Å²) in [7, 11) is 0. The molecule has 6 heterocycles. The maximum atomic E-state index is 13.1. The smallest absolute Gasteiger partial charge is 0.357 e. The Morgan fingerprint density at radius 3 is 1.60 bits per heavy atom. The van der Waals surface area contributed by atoms with Crippen LogP contribution in [0.3, 0.4) is 0 Å². The first-order valence-electron chi connectivity index (χ1n) is 13.6. The summed E-state index contributed by atoms with van der Waals surface area (Å²) in [6.45, 7) is 7.65. The third kappa shape index (κ3) is 5.87. The number of hydrogen-bond donors (Lipinski definition) is 3. The van der Waals surface area contributed by atoms with Crippen molar-refractivity contribution in [2.45, 2.75) is 39.8 Å². The van der Waals surface area contributed by atoms with Crippen molar-refractivity contribution < 1.29 is 41.2 Å². The molecule has 0 radical (unpaired) electrons. The van der Waals surface area contributed by atoms with Crippen molar-refractivity contribution in [2.24, 2.45) is 17.6 Å². The van der Waals surface area contributed by atoms with Gasteiger partial charge >= 0.3 is 5.97 Å². The molecule has 232 valence electrons. The Bertz CT molecular complexity index is 1960. The maximum absolute atomic E-state index is 13.1. The van der Waals surface area contributed by atoms with E-state index in [1.54, 1.807) is 0 Å². The van der Waals surface area contributed by atoms with Gasteiger partial charge in [0, 0.05) is 0 Å². The summed E-state index contributed by atoms with van der Waals surface area (Å²) < 4.78 is 32.7. The minimum absolute atomic E-state index is 0.0115. The van der Waals surface area contributed by atoms with E-state index < -0.39 is 17.9 Å². The van der Waals surface area contributed by atoms with E-state index in [0.29, 0.717) is 11.6 Å². The van der Waals surface area contributed by atoms with Crippen LogP contribution < -0.4 is 11.1 Å². The first-order chi connectivity index (χ1) is 21.6. The van der Waals surface area contributed by atoms with Crippen LogP contribution in [-0.2, 0) is 0 Å². The molecular weight excluding hydrogens is 592 g/mol. The van der Waals surface area contributed by atoms with Gasteiger partial charge < -0.3 is 42.7 Å². The Hall–Kier alpha value is -5.84. The molecule has 17 nitrogen and oxygen atoms in total. The molecule has 17 heteroatoms. The summed E-state index contributed by atoms with van der Waals surface area (Å²) in [5.74, 6) is -1.01. The minimum atomic E-state index is -1.24.